The number of nitrogens with zero attached hydrogens (tertiary/aromatic N) is 4. The summed E-state index contributed by atoms with van der Waals surface area (Å²) in [5.74, 6) is 0.761. The van der Waals surface area contributed by atoms with Crippen molar-refractivity contribution in [2.45, 2.75) is 26.3 Å². The fourth-order valence-electron chi connectivity index (χ4n) is 2.98. The molecule has 9 nitrogen and oxygen atoms in total. The van der Waals surface area contributed by atoms with Crippen LogP contribution in [0.15, 0.2) is 35.4 Å². The number of methoxy groups -OCH3 is 1. The Morgan fingerprint density at radius 1 is 1.20 bits per heavy atom. The Morgan fingerprint density at radius 3 is 2.77 bits per heavy atom. The molecular weight excluding hydrogens is 386 g/mol. The number of aliphatic hydroxyl groups excluding tert-OH is 1. The van der Waals surface area contributed by atoms with Gasteiger partial charge in [0.15, 0.2) is 5.82 Å². The smallest absolute Gasteiger partial charge is 0.293 e. The fraction of sp³-hybridized carbons (Fsp3) is 0.429. The standard InChI is InChI=1S/C21H27N5O4/c1-3-10-30-11-8-26-18-12-16(15-5-6-19(29-2)24-13-15)23-14-17(18)25-20(21(26)28)22-7-4-9-27/h5-6,12-14,27H,3-4,7-11H2,1-2H3,(H,22,25). The lowest BCUT2D eigenvalue weighted by Gasteiger charge is -2.14. The van der Waals surface area contributed by atoms with Crippen molar-refractivity contribution in [2.24, 2.45) is 0 Å². The van der Waals surface area contributed by atoms with Crippen LogP contribution in [0.2, 0.25) is 0 Å². The van der Waals surface area contributed by atoms with Crippen molar-refractivity contribution in [3.05, 3.63) is 40.9 Å². The van der Waals surface area contributed by atoms with E-state index in [1.165, 1.54) is 0 Å². The van der Waals surface area contributed by atoms with Crippen LogP contribution in [-0.4, -0.2) is 58.1 Å². The van der Waals surface area contributed by atoms with Gasteiger partial charge in [0.25, 0.3) is 5.56 Å². The van der Waals surface area contributed by atoms with Crippen molar-refractivity contribution in [3.8, 4) is 17.1 Å². The van der Waals surface area contributed by atoms with E-state index in [-0.39, 0.29) is 18.0 Å². The van der Waals surface area contributed by atoms with Crippen LogP contribution in [0.3, 0.4) is 0 Å². The van der Waals surface area contributed by atoms with Crippen LogP contribution in [-0.2, 0) is 11.3 Å². The van der Waals surface area contributed by atoms with E-state index in [4.69, 9.17) is 14.6 Å². The Morgan fingerprint density at radius 2 is 2.07 bits per heavy atom. The van der Waals surface area contributed by atoms with E-state index in [2.05, 4.69) is 20.3 Å². The molecule has 0 radical (unpaired) electrons. The zero-order chi connectivity index (χ0) is 21.3. The molecule has 3 heterocycles. The second-order valence-corrected chi connectivity index (χ2v) is 6.68. The van der Waals surface area contributed by atoms with Crippen molar-refractivity contribution in [1.29, 1.82) is 0 Å². The molecule has 0 unspecified atom stereocenters. The predicted octanol–water partition coefficient (Wildman–Crippen LogP) is 2.08. The zero-order valence-electron chi connectivity index (χ0n) is 17.3. The van der Waals surface area contributed by atoms with Crippen LogP contribution >= 0.6 is 0 Å². The molecule has 0 saturated carbocycles. The maximum atomic E-state index is 13.0. The first-order valence-corrected chi connectivity index (χ1v) is 10.0. The largest absolute Gasteiger partial charge is 0.481 e. The number of nitrogens with one attached hydrogen (secondary N) is 1. The second-order valence-electron chi connectivity index (χ2n) is 6.68. The van der Waals surface area contributed by atoms with E-state index < -0.39 is 0 Å². The number of pyridine rings is 2. The average Bonchev–Trinajstić information content (AvgIpc) is 2.78. The highest BCUT2D eigenvalue weighted by molar-refractivity contribution is 5.80. The van der Waals surface area contributed by atoms with Gasteiger partial charge in [0.05, 0.1) is 31.1 Å². The number of aromatic nitrogens is 4. The number of aliphatic hydroxyl groups is 1. The van der Waals surface area contributed by atoms with E-state index in [1.807, 2.05) is 19.1 Å². The molecule has 0 atom stereocenters. The van der Waals surface area contributed by atoms with E-state index >= 15 is 0 Å². The van der Waals surface area contributed by atoms with Gasteiger partial charge in [0.2, 0.25) is 5.88 Å². The molecule has 2 N–H and O–H groups in total. The van der Waals surface area contributed by atoms with Gasteiger partial charge >= 0.3 is 0 Å². The third-order valence-electron chi connectivity index (χ3n) is 4.51. The minimum atomic E-state index is -0.231. The Labute approximate surface area is 174 Å². The average molecular weight is 413 g/mol. The molecule has 30 heavy (non-hydrogen) atoms. The highest BCUT2D eigenvalue weighted by Crippen LogP contribution is 2.22. The minimum Gasteiger partial charge on any atom is -0.481 e. The Kier molecular flexibility index (Phi) is 7.69. The van der Waals surface area contributed by atoms with Gasteiger partial charge in [0.1, 0.15) is 5.52 Å². The molecular formula is C21H27N5O4. The van der Waals surface area contributed by atoms with Gasteiger partial charge < -0.3 is 24.5 Å². The van der Waals surface area contributed by atoms with E-state index in [1.54, 1.807) is 30.1 Å². The second kappa shape index (κ2) is 10.7. The van der Waals surface area contributed by atoms with Crippen LogP contribution in [0.5, 0.6) is 5.88 Å². The van der Waals surface area contributed by atoms with Gasteiger partial charge in [0, 0.05) is 44.1 Å². The maximum absolute atomic E-state index is 13.0. The summed E-state index contributed by atoms with van der Waals surface area (Å²) in [6, 6.07) is 5.47. The van der Waals surface area contributed by atoms with E-state index in [0.717, 1.165) is 12.0 Å². The van der Waals surface area contributed by atoms with Gasteiger partial charge in [-0.1, -0.05) is 6.92 Å². The molecule has 0 aliphatic rings. The van der Waals surface area contributed by atoms with Crippen LogP contribution in [0.4, 0.5) is 5.82 Å². The fourth-order valence-corrected chi connectivity index (χ4v) is 2.98. The molecule has 0 aliphatic heterocycles. The summed E-state index contributed by atoms with van der Waals surface area (Å²) in [5, 5.41) is 12.0. The summed E-state index contributed by atoms with van der Waals surface area (Å²) >= 11 is 0. The SMILES string of the molecule is CCCOCCn1c(=O)c(NCCCO)nc2cnc(-c3ccc(OC)nc3)cc21. The molecule has 0 aromatic carbocycles. The molecule has 0 spiro atoms. The predicted molar refractivity (Wildman–Crippen MR) is 115 cm³/mol. The van der Waals surface area contributed by atoms with Gasteiger partial charge in [-0.25, -0.2) is 9.97 Å². The lowest BCUT2D eigenvalue weighted by atomic mass is 10.2. The first-order valence-electron chi connectivity index (χ1n) is 10.0. The van der Waals surface area contributed by atoms with Gasteiger partial charge in [-0.05, 0) is 25.0 Å². The lowest BCUT2D eigenvalue weighted by molar-refractivity contribution is 0.127. The Hall–Kier alpha value is -3.04. The quantitative estimate of drug-likeness (QED) is 0.460. The van der Waals surface area contributed by atoms with Crippen LogP contribution in [0.1, 0.15) is 19.8 Å². The zero-order valence-corrected chi connectivity index (χ0v) is 17.3. The first kappa shape index (κ1) is 21.7. The van der Waals surface area contributed by atoms with E-state index in [0.29, 0.717) is 55.3 Å². The van der Waals surface area contributed by atoms with Crippen molar-refractivity contribution in [2.75, 3.05) is 38.8 Å². The first-order chi connectivity index (χ1) is 14.7. The van der Waals surface area contributed by atoms with E-state index in [9.17, 15) is 4.79 Å². The third kappa shape index (κ3) is 5.11. The number of hydrogen-bond donors (Lipinski definition) is 2. The maximum Gasteiger partial charge on any atom is 0.293 e. The molecule has 0 bridgehead atoms. The van der Waals surface area contributed by atoms with Crippen molar-refractivity contribution >= 4 is 16.9 Å². The van der Waals surface area contributed by atoms with Gasteiger partial charge in [-0.15, -0.1) is 0 Å². The number of rotatable bonds is 11. The molecule has 3 rings (SSSR count). The topological polar surface area (TPSA) is 111 Å². The molecule has 9 heteroatoms. The summed E-state index contributed by atoms with van der Waals surface area (Å²) < 4.78 is 12.4. The van der Waals surface area contributed by atoms with Crippen molar-refractivity contribution in [3.63, 3.8) is 0 Å². The molecule has 3 aromatic rings. The molecule has 0 aliphatic carbocycles. The normalized spacial score (nSPS) is 11.0. The van der Waals surface area contributed by atoms with Gasteiger partial charge in [-0.2, -0.15) is 0 Å². The molecule has 0 fully saturated rings. The Bertz CT molecular complexity index is 1020. The molecule has 160 valence electrons. The monoisotopic (exact) mass is 413 g/mol. The minimum absolute atomic E-state index is 0.0421. The molecule has 3 aromatic heterocycles. The Balaban J connectivity index is 2.01. The molecule has 0 saturated heterocycles. The lowest BCUT2D eigenvalue weighted by Crippen LogP contribution is -2.27. The van der Waals surface area contributed by atoms with Crippen LogP contribution in [0, 0.1) is 0 Å². The summed E-state index contributed by atoms with van der Waals surface area (Å²) in [4.78, 5) is 26.2. The van der Waals surface area contributed by atoms with Crippen molar-refractivity contribution < 1.29 is 14.6 Å². The number of ether oxygens (including phenoxy) is 2. The number of anilines is 1. The third-order valence-corrected chi connectivity index (χ3v) is 4.51. The molecule has 0 amide bonds. The summed E-state index contributed by atoms with van der Waals surface area (Å²) in [6.07, 6.45) is 4.77. The summed E-state index contributed by atoms with van der Waals surface area (Å²) in [6.45, 7) is 4.00. The van der Waals surface area contributed by atoms with Crippen molar-refractivity contribution in [1.82, 2.24) is 19.5 Å². The summed E-state index contributed by atoms with van der Waals surface area (Å²) in [5.41, 5.74) is 2.54. The van der Waals surface area contributed by atoms with Crippen LogP contribution in [0.25, 0.3) is 22.3 Å². The highest BCUT2D eigenvalue weighted by Gasteiger charge is 2.13. The van der Waals surface area contributed by atoms with Crippen LogP contribution < -0.4 is 15.6 Å². The van der Waals surface area contributed by atoms with Gasteiger partial charge in [-0.3, -0.25) is 9.78 Å². The summed E-state index contributed by atoms with van der Waals surface area (Å²) in [7, 11) is 1.56. The highest BCUT2D eigenvalue weighted by atomic mass is 16.5. The number of hydrogen-bond acceptors (Lipinski definition) is 8. The number of fused-ring (bicyclic) bond motifs is 1.